The van der Waals surface area contributed by atoms with Crippen LogP contribution in [0.15, 0.2) is 17.4 Å². The van der Waals surface area contributed by atoms with E-state index in [0.29, 0.717) is 12.6 Å². The zero-order valence-corrected chi connectivity index (χ0v) is 14.1. The number of rotatable bonds is 4. The van der Waals surface area contributed by atoms with Gasteiger partial charge in [0.1, 0.15) is 0 Å². The van der Waals surface area contributed by atoms with E-state index in [2.05, 4.69) is 27.6 Å². The fourth-order valence-electron chi connectivity index (χ4n) is 2.31. The van der Waals surface area contributed by atoms with Crippen LogP contribution < -0.4 is 10.6 Å². The predicted octanol–water partition coefficient (Wildman–Crippen LogP) is 2.04. The van der Waals surface area contributed by atoms with Crippen molar-refractivity contribution in [1.29, 1.82) is 0 Å². The van der Waals surface area contributed by atoms with E-state index in [-0.39, 0.29) is 24.0 Å². The lowest BCUT2D eigenvalue weighted by molar-refractivity contribution is 0.614. The standard InChI is InChI=1S/C13H23N5.HI/c1-3-14-13(17-12-6-4-5-7-12)15-8-11-9-16-18(2)10-11;/h9-10,12H,3-8H2,1-2H3,(H2,14,15,17);1H. The minimum Gasteiger partial charge on any atom is -0.357 e. The van der Waals surface area contributed by atoms with Crippen molar-refractivity contribution in [3.05, 3.63) is 18.0 Å². The number of nitrogens with zero attached hydrogens (tertiary/aromatic N) is 3. The van der Waals surface area contributed by atoms with Crippen molar-refractivity contribution in [2.24, 2.45) is 12.0 Å². The minimum atomic E-state index is 0. The molecule has 0 radical (unpaired) electrons. The number of halogens is 1. The van der Waals surface area contributed by atoms with E-state index in [4.69, 9.17) is 0 Å². The van der Waals surface area contributed by atoms with Gasteiger partial charge in [0.05, 0.1) is 12.7 Å². The molecule has 108 valence electrons. The predicted molar refractivity (Wildman–Crippen MR) is 88.8 cm³/mol. The van der Waals surface area contributed by atoms with Crippen molar-refractivity contribution >= 4 is 29.9 Å². The van der Waals surface area contributed by atoms with Crippen molar-refractivity contribution in [3.8, 4) is 0 Å². The van der Waals surface area contributed by atoms with Crippen LogP contribution in [0.25, 0.3) is 0 Å². The van der Waals surface area contributed by atoms with Gasteiger partial charge in [0.15, 0.2) is 5.96 Å². The summed E-state index contributed by atoms with van der Waals surface area (Å²) in [6.07, 6.45) is 9.05. The van der Waals surface area contributed by atoms with Gasteiger partial charge in [-0.05, 0) is 19.8 Å². The Bertz CT molecular complexity index is 395. The topological polar surface area (TPSA) is 54.2 Å². The third-order valence-electron chi connectivity index (χ3n) is 3.22. The first-order valence-electron chi connectivity index (χ1n) is 6.80. The second-order valence-corrected chi connectivity index (χ2v) is 4.84. The summed E-state index contributed by atoms with van der Waals surface area (Å²) in [5.74, 6) is 0.924. The minimum absolute atomic E-state index is 0. The second-order valence-electron chi connectivity index (χ2n) is 4.84. The number of guanidine groups is 1. The first kappa shape index (κ1) is 16.3. The van der Waals surface area contributed by atoms with Crippen LogP contribution >= 0.6 is 24.0 Å². The largest absolute Gasteiger partial charge is 0.357 e. The highest BCUT2D eigenvalue weighted by molar-refractivity contribution is 14.0. The van der Waals surface area contributed by atoms with E-state index in [1.54, 1.807) is 0 Å². The maximum atomic E-state index is 4.60. The van der Waals surface area contributed by atoms with E-state index >= 15 is 0 Å². The molecule has 1 aromatic rings. The van der Waals surface area contributed by atoms with Crippen LogP contribution in [0.3, 0.4) is 0 Å². The third kappa shape index (κ3) is 5.38. The molecule has 1 aliphatic rings. The Balaban J connectivity index is 0.00000180. The number of hydrogen-bond donors (Lipinski definition) is 2. The molecule has 1 heterocycles. The summed E-state index contributed by atoms with van der Waals surface area (Å²) in [6.45, 7) is 3.66. The fourth-order valence-corrected chi connectivity index (χ4v) is 2.31. The van der Waals surface area contributed by atoms with E-state index in [1.807, 2.05) is 24.1 Å². The molecule has 0 spiro atoms. The summed E-state index contributed by atoms with van der Waals surface area (Å²) in [6, 6.07) is 0.594. The lowest BCUT2D eigenvalue weighted by Crippen LogP contribution is -2.42. The van der Waals surface area contributed by atoms with Gasteiger partial charge in [0, 0.05) is 31.4 Å². The monoisotopic (exact) mass is 377 g/mol. The molecule has 19 heavy (non-hydrogen) atoms. The summed E-state index contributed by atoms with van der Waals surface area (Å²) < 4.78 is 1.81. The van der Waals surface area contributed by atoms with Crippen LogP contribution in [0, 0.1) is 0 Å². The zero-order valence-electron chi connectivity index (χ0n) is 11.7. The summed E-state index contributed by atoms with van der Waals surface area (Å²) >= 11 is 0. The second kappa shape index (κ2) is 8.39. The number of aryl methyl sites for hydroxylation is 1. The third-order valence-corrected chi connectivity index (χ3v) is 3.22. The van der Waals surface area contributed by atoms with Crippen molar-refractivity contribution in [3.63, 3.8) is 0 Å². The van der Waals surface area contributed by atoms with Crippen LogP contribution in [0.5, 0.6) is 0 Å². The quantitative estimate of drug-likeness (QED) is 0.480. The molecule has 1 saturated carbocycles. The summed E-state index contributed by atoms with van der Waals surface area (Å²) in [5.41, 5.74) is 1.14. The molecule has 0 amide bonds. The molecule has 0 aromatic carbocycles. The van der Waals surface area contributed by atoms with Gasteiger partial charge >= 0.3 is 0 Å². The van der Waals surface area contributed by atoms with Gasteiger partial charge in [-0.1, -0.05) is 12.8 Å². The van der Waals surface area contributed by atoms with Gasteiger partial charge in [0.2, 0.25) is 0 Å². The van der Waals surface area contributed by atoms with Crippen molar-refractivity contribution < 1.29 is 0 Å². The van der Waals surface area contributed by atoms with Crippen molar-refractivity contribution in [2.45, 2.75) is 45.2 Å². The molecule has 2 N–H and O–H groups in total. The van der Waals surface area contributed by atoms with Gasteiger partial charge in [-0.3, -0.25) is 4.68 Å². The van der Waals surface area contributed by atoms with Gasteiger partial charge in [-0.2, -0.15) is 5.10 Å². The first-order valence-corrected chi connectivity index (χ1v) is 6.80. The fraction of sp³-hybridized carbons (Fsp3) is 0.692. The maximum Gasteiger partial charge on any atom is 0.191 e. The first-order chi connectivity index (χ1) is 8.78. The molecule has 1 aliphatic carbocycles. The zero-order chi connectivity index (χ0) is 12.8. The molecular formula is C13H24IN5. The number of nitrogens with one attached hydrogen (secondary N) is 2. The Kier molecular flexibility index (Phi) is 7.19. The van der Waals surface area contributed by atoms with Crippen LogP contribution in [0.1, 0.15) is 38.2 Å². The van der Waals surface area contributed by atoms with E-state index in [0.717, 1.165) is 18.1 Å². The number of aromatic nitrogens is 2. The van der Waals surface area contributed by atoms with Gasteiger partial charge in [-0.25, -0.2) is 4.99 Å². The molecule has 0 unspecified atom stereocenters. The molecular weight excluding hydrogens is 353 g/mol. The molecule has 0 saturated heterocycles. The highest BCUT2D eigenvalue weighted by Crippen LogP contribution is 2.17. The number of aliphatic imine (C=N–C) groups is 1. The molecule has 5 nitrogen and oxygen atoms in total. The summed E-state index contributed by atoms with van der Waals surface area (Å²) in [5, 5.41) is 11.0. The molecule has 2 rings (SSSR count). The Morgan fingerprint density at radius 1 is 1.47 bits per heavy atom. The van der Waals surface area contributed by atoms with E-state index in [9.17, 15) is 0 Å². The molecule has 0 atom stereocenters. The highest BCUT2D eigenvalue weighted by Gasteiger charge is 2.15. The molecule has 6 heteroatoms. The average molecular weight is 377 g/mol. The SMILES string of the molecule is CCNC(=NCc1cnn(C)c1)NC1CCCC1.I. The highest BCUT2D eigenvalue weighted by atomic mass is 127. The maximum absolute atomic E-state index is 4.60. The molecule has 0 bridgehead atoms. The molecule has 1 aromatic heterocycles. The Morgan fingerprint density at radius 2 is 2.21 bits per heavy atom. The van der Waals surface area contributed by atoms with Gasteiger partial charge in [0.25, 0.3) is 0 Å². The lowest BCUT2D eigenvalue weighted by Gasteiger charge is -2.16. The van der Waals surface area contributed by atoms with E-state index in [1.165, 1.54) is 25.7 Å². The van der Waals surface area contributed by atoms with Gasteiger partial charge < -0.3 is 10.6 Å². The Morgan fingerprint density at radius 3 is 2.79 bits per heavy atom. The van der Waals surface area contributed by atoms with Crippen LogP contribution in [0.2, 0.25) is 0 Å². The Labute approximate surface area is 132 Å². The smallest absolute Gasteiger partial charge is 0.191 e. The molecule has 0 aliphatic heterocycles. The lowest BCUT2D eigenvalue weighted by atomic mass is 10.2. The van der Waals surface area contributed by atoms with Crippen molar-refractivity contribution in [2.75, 3.05) is 6.54 Å². The number of hydrogen-bond acceptors (Lipinski definition) is 2. The van der Waals surface area contributed by atoms with E-state index < -0.39 is 0 Å². The van der Waals surface area contributed by atoms with Crippen LogP contribution in [0.4, 0.5) is 0 Å². The van der Waals surface area contributed by atoms with Crippen molar-refractivity contribution in [1.82, 2.24) is 20.4 Å². The average Bonchev–Trinajstić information content (AvgIpc) is 2.98. The molecule has 1 fully saturated rings. The van der Waals surface area contributed by atoms with Crippen LogP contribution in [-0.2, 0) is 13.6 Å². The Hall–Kier alpha value is -0.790. The van der Waals surface area contributed by atoms with Crippen LogP contribution in [-0.4, -0.2) is 28.3 Å². The van der Waals surface area contributed by atoms with Gasteiger partial charge in [-0.15, -0.1) is 24.0 Å². The normalized spacial score (nSPS) is 16.2. The summed E-state index contributed by atoms with van der Waals surface area (Å²) in [7, 11) is 1.93. The summed E-state index contributed by atoms with van der Waals surface area (Å²) in [4.78, 5) is 4.60.